The summed E-state index contributed by atoms with van der Waals surface area (Å²) in [4.78, 5) is 12.2. The number of hydrogen-bond acceptors (Lipinski definition) is 1. The zero-order chi connectivity index (χ0) is 21.0. The Morgan fingerprint density at radius 1 is 0.926 bits per heavy atom. The van der Waals surface area contributed by atoms with Crippen LogP contribution in [0.4, 0.5) is 30.4 Å². The number of nitrogens with zero attached hydrogens (tertiary/aromatic N) is 1. The number of benzene rings is 1. The minimum absolute atomic E-state index is 0.167. The number of carbonyl (C=O) groups is 1. The van der Waals surface area contributed by atoms with Gasteiger partial charge in [0.25, 0.3) is 0 Å². The number of hydrogen-bond donors (Lipinski definition) is 1. The van der Waals surface area contributed by atoms with Crippen molar-refractivity contribution in [3.8, 4) is 0 Å². The SMILES string of the molecule is Cc1cc(C)[n+](NC(=O)c2ccc(C(F)(F)F)cc2)c(C)c1.F[B-](F)(F)F. The highest BCUT2D eigenvalue weighted by molar-refractivity contribution is 6.50. The predicted molar refractivity (Wildman–Crippen MR) is 86.2 cm³/mol. The molecule has 2 rings (SSSR count). The third kappa shape index (κ3) is 7.67. The van der Waals surface area contributed by atoms with E-state index in [2.05, 4.69) is 5.43 Å². The lowest BCUT2D eigenvalue weighted by molar-refractivity contribution is -0.654. The first-order chi connectivity index (χ1) is 12.2. The molecule has 3 nitrogen and oxygen atoms in total. The molecule has 1 aromatic heterocycles. The molecule has 0 spiro atoms. The monoisotopic (exact) mass is 396 g/mol. The number of amides is 1. The molecule has 1 aromatic carbocycles. The van der Waals surface area contributed by atoms with Gasteiger partial charge in [-0.15, -0.1) is 5.43 Å². The van der Waals surface area contributed by atoms with Gasteiger partial charge < -0.3 is 17.3 Å². The van der Waals surface area contributed by atoms with E-state index in [1.165, 1.54) is 0 Å². The summed E-state index contributed by atoms with van der Waals surface area (Å²) < 4.78 is 78.1. The molecule has 0 radical (unpaired) electrons. The van der Waals surface area contributed by atoms with E-state index in [9.17, 15) is 35.2 Å². The Balaban J connectivity index is 0.000000646. The van der Waals surface area contributed by atoms with E-state index in [0.717, 1.165) is 41.2 Å². The fraction of sp³-hybridized carbons (Fsp3) is 0.250. The van der Waals surface area contributed by atoms with Crippen molar-refractivity contribution in [2.75, 3.05) is 5.43 Å². The highest BCUT2D eigenvalue weighted by Gasteiger charge is 2.30. The van der Waals surface area contributed by atoms with Crippen LogP contribution in [0.2, 0.25) is 0 Å². The molecule has 0 aliphatic rings. The van der Waals surface area contributed by atoms with E-state index in [1.807, 2.05) is 32.9 Å². The van der Waals surface area contributed by atoms with Gasteiger partial charge in [-0.2, -0.15) is 13.2 Å². The second kappa shape index (κ2) is 8.40. The van der Waals surface area contributed by atoms with Crippen molar-refractivity contribution >= 4 is 13.2 Å². The van der Waals surface area contributed by atoms with Crippen LogP contribution in [0.25, 0.3) is 0 Å². The number of alkyl halides is 3. The number of aromatic nitrogens is 1. The summed E-state index contributed by atoms with van der Waals surface area (Å²) in [5.74, 6) is -0.464. The molecule has 0 saturated heterocycles. The predicted octanol–water partition coefficient (Wildman–Crippen LogP) is 4.60. The van der Waals surface area contributed by atoms with Gasteiger partial charge in [-0.25, -0.2) is 0 Å². The highest BCUT2D eigenvalue weighted by atomic mass is 19.5. The Morgan fingerprint density at radius 2 is 1.33 bits per heavy atom. The molecule has 0 fully saturated rings. The summed E-state index contributed by atoms with van der Waals surface area (Å²) in [6.45, 7) is 5.63. The van der Waals surface area contributed by atoms with Crippen LogP contribution in [0.1, 0.15) is 32.9 Å². The van der Waals surface area contributed by atoms with Crippen LogP contribution in [0.3, 0.4) is 0 Å². The molecule has 0 saturated carbocycles. The van der Waals surface area contributed by atoms with Crippen molar-refractivity contribution in [2.24, 2.45) is 0 Å². The van der Waals surface area contributed by atoms with Gasteiger partial charge in [-0.3, -0.25) is 4.79 Å². The fourth-order valence-electron chi connectivity index (χ4n) is 2.26. The first-order valence-corrected chi connectivity index (χ1v) is 7.54. The molecule has 2 aromatic rings. The van der Waals surface area contributed by atoms with Crippen molar-refractivity contribution in [2.45, 2.75) is 26.9 Å². The first kappa shape index (κ1) is 22.5. The largest absolute Gasteiger partial charge is 0.673 e. The van der Waals surface area contributed by atoms with Crippen LogP contribution >= 0.6 is 0 Å². The molecule has 1 amide bonds. The van der Waals surface area contributed by atoms with Crippen molar-refractivity contribution < 1.29 is 39.9 Å². The Morgan fingerprint density at radius 3 is 1.70 bits per heavy atom. The van der Waals surface area contributed by atoms with Gasteiger partial charge in [0.15, 0.2) is 0 Å². The molecule has 1 heterocycles. The molecule has 27 heavy (non-hydrogen) atoms. The first-order valence-electron chi connectivity index (χ1n) is 7.54. The fourth-order valence-corrected chi connectivity index (χ4v) is 2.26. The van der Waals surface area contributed by atoms with Crippen molar-refractivity contribution in [3.05, 3.63) is 64.5 Å². The zero-order valence-corrected chi connectivity index (χ0v) is 14.5. The van der Waals surface area contributed by atoms with E-state index < -0.39 is 24.9 Å². The number of nitrogens with one attached hydrogen (secondary N) is 1. The van der Waals surface area contributed by atoms with Gasteiger partial charge in [0.2, 0.25) is 11.4 Å². The van der Waals surface area contributed by atoms with Gasteiger partial charge in [0.1, 0.15) is 0 Å². The van der Waals surface area contributed by atoms with E-state index in [-0.39, 0.29) is 5.56 Å². The molecule has 0 unspecified atom stereocenters. The average Bonchev–Trinajstić information content (AvgIpc) is 2.48. The molecule has 148 valence electrons. The quantitative estimate of drug-likeness (QED) is 0.449. The molecule has 11 heteroatoms. The Kier molecular flexibility index (Phi) is 6.99. The maximum Gasteiger partial charge on any atom is 0.673 e. The molecule has 0 aliphatic carbocycles. The van der Waals surface area contributed by atoms with Gasteiger partial charge in [-0.1, -0.05) is 4.68 Å². The van der Waals surface area contributed by atoms with Crippen LogP contribution in [0.15, 0.2) is 36.4 Å². The van der Waals surface area contributed by atoms with Gasteiger partial charge in [-0.05, 0) is 36.8 Å². The summed E-state index contributed by atoms with van der Waals surface area (Å²) in [6, 6.07) is 7.93. The average molecular weight is 396 g/mol. The summed E-state index contributed by atoms with van der Waals surface area (Å²) in [5, 5.41) is 0. The third-order valence-corrected chi connectivity index (χ3v) is 3.27. The lowest BCUT2D eigenvalue weighted by atomic mass is 10.1. The maximum atomic E-state index is 12.5. The Bertz CT molecular complexity index is 773. The molecule has 0 bridgehead atoms. The lowest BCUT2D eigenvalue weighted by Gasteiger charge is -2.08. The van der Waals surface area contributed by atoms with Gasteiger partial charge in [0, 0.05) is 31.5 Å². The van der Waals surface area contributed by atoms with Crippen molar-refractivity contribution in [1.82, 2.24) is 0 Å². The second-order valence-electron chi connectivity index (χ2n) is 5.66. The number of carbonyl (C=O) groups excluding carboxylic acids is 1. The van der Waals surface area contributed by atoms with Crippen LogP contribution in [0.5, 0.6) is 0 Å². The van der Waals surface area contributed by atoms with Crippen molar-refractivity contribution in [3.63, 3.8) is 0 Å². The van der Waals surface area contributed by atoms with Crippen LogP contribution in [0, 0.1) is 20.8 Å². The Labute approximate surface area is 150 Å². The minimum Gasteiger partial charge on any atom is -0.418 e. The van der Waals surface area contributed by atoms with E-state index in [0.29, 0.717) is 0 Å². The van der Waals surface area contributed by atoms with Gasteiger partial charge in [0.05, 0.1) is 5.56 Å². The van der Waals surface area contributed by atoms with Gasteiger partial charge >= 0.3 is 19.3 Å². The molecule has 0 atom stereocenters. The number of rotatable bonds is 2. The summed E-state index contributed by atoms with van der Waals surface area (Å²) >= 11 is 0. The Hall–Kier alpha value is -2.59. The van der Waals surface area contributed by atoms with Crippen molar-refractivity contribution in [1.29, 1.82) is 0 Å². The topological polar surface area (TPSA) is 33.0 Å². The van der Waals surface area contributed by atoms with Crippen LogP contribution in [-0.2, 0) is 6.18 Å². The lowest BCUT2D eigenvalue weighted by Crippen LogP contribution is -2.52. The van der Waals surface area contributed by atoms with E-state index >= 15 is 0 Å². The van der Waals surface area contributed by atoms with E-state index in [1.54, 1.807) is 4.68 Å². The molecule has 1 N–H and O–H groups in total. The smallest absolute Gasteiger partial charge is 0.418 e. The van der Waals surface area contributed by atoms with Crippen LogP contribution in [-0.4, -0.2) is 13.2 Å². The third-order valence-electron chi connectivity index (χ3n) is 3.27. The summed E-state index contributed by atoms with van der Waals surface area (Å²) in [5.41, 5.74) is 4.79. The molecular formula is C16H16BF7N2O. The molecule has 0 aliphatic heterocycles. The molecular weight excluding hydrogens is 380 g/mol. The normalized spacial score (nSPS) is 11.5. The second-order valence-corrected chi connectivity index (χ2v) is 5.66. The summed E-state index contributed by atoms with van der Waals surface area (Å²) in [6.07, 6.45) is -4.41. The number of pyridine rings is 1. The summed E-state index contributed by atoms with van der Waals surface area (Å²) in [7, 11) is -6.00. The van der Waals surface area contributed by atoms with E-state index in [4.69, 9.17) is 0 Å². The minimum atomic E-state index is -6.00. The number of halogens is 7. The standard InChI is InChI=1S/C16H15F3N2O.BF4/c1-10-8-11(2)21(12(3)9-10)20-15(22)13-4-6-14(7-5-13)16(17,18)19;2-1(3,4)5/h4-9H,1-3H3;/q;-1/p+1. The zero-order valence-electron chi connectivity index (χ0n) is 14.5. The highest BCUT2D eigenvalue weighted by Crippen LogP contribution is 2.29. The number of aryl methyl sites for hydroxylation is 3. The van der Waals surface area contributed by atoms with Crippen LogP contribution < -0.4 is 10.1 Å². The maximum absolute atomic E-state index is 12.5.